The summed E-state index contributed by atoms with van der Waals surface area (Å²) < 4.78 is 16.3. The van der Waals surface area contributed by atoms with E-state index in [1.54, 1.807) is 13.1 Å². The van der Waals surface area contributed by atoms with E-state index in [0.29, 0.717) is 6.04 Å². The first kappa shape index (κ1) is 22.6. The highest BCUT2D eigenvalue weighted by Crippen LogP contribution is 2.23. The van der Waals surface area contributed by atoms with Crippen LogP contribution in [-0.4, -0.2) is 51.8 Å². The van der Waals surface area contributed by atoms with Gasteiger partial charge in [0.15, 0.2) is 0 Å². The second kappa shape index (κ2) is 13.0. The fourth-order valence-corrected chi connectivity index (χ4v) is 9.90. The summed E-state index contributed by atoms with van der Waals surface area (Å²) in [5.41, 5.74) is 0. The van der Waals surface area contributed by atoms with Gasteiger partial charge in [0.2, 0.25) is 0 Å². The Morgan fingerprint density at radius 2 is 1.27 bits per heavy atom. The highest BCUT2D eigenvalue weighted by atomic mass is 28.5. The van der Waals surface area contributed by atoms with Gasteiger partial charge < -0.3 is 26.7 Å². The molecule has 130 valence electrons. The molecule has 4 radical (unpaired) electrons. The van der Waals surface area contributed by atoms with Crippen molar-refractivity contribution in [1.29, 1.82) is 0 Å². The highest BCUT2D eigenvalue weighted by Gasteiger charge is 2.45. The van der Waals surface area contributed by atoms with Crippen molar-refractivity contribution in [3.8, 4) is 0 Å². The third kappa shape index (κ3) is 12.1. The summed E-state index contributed by atoms with van der Waals surface area (Å²) in [6.45, 7) is 5.45. The molecule has 3 N–H and O–H groups in total. The first-order chi connectivity index (χ1) is 10.4. The lowest BCUT2D eigenvalue weighted by molar-refractivity contribution is 0.212. The zero-order chi connectivity index (χ0) is 16.9. The average Bonchev–Trinajstić information content (AvgIpc) is 2.40. The quantitative estimate of drug-likeness (QED) is 0.296. The Labute approximate surface area is 141 Å². The first-order valence-corrected chi connectivity index (χ1v) is 14.5. The molecule has 0 saturated carbocycles. The highest BCUT2D eigenvalue weighted by molar-refractivity contribution is 6.79. The van der Waals surface area contributed by atoms with Gasteiger partial charge in [-0.3, -0.25) is 0 Å². The monoisotopic (exact) mass is 382 g/mol. The number of hydrogen-bond donors (Lipinski definition) is 3. The minimum atomic E-state index is -3.18. The van der Waals surface area contributed by atoms with Gasteiger partial charge in [0, 0.05) is 6.04 Å². The smallest absolute Gasteiger partial charge is 0.411 e. The molecule has 22 heavy (non-hydrogen) atoms. The summed E-state index contributed by atoms with van der Waals surface area (Å²) in [6.07, 6.45) is 9.38. The van der Waals surface area contributed by atoms with Crippen LogP contribution in [0.5, 0.6) is 0 Å². The van der Waals surface area contributed by atoms with Crippen LogP contribution in [0.2, 0.25) is 19.1 Å². The molecular formula is C12H30O6Si4. The number of rotatable bonds is 15. The van der Waals surface area contributed by atoms with Crippen LogP contribution in [0, 0.1) is 0 Å². The van der Waals surface area contributed by atoms with E-state index in [4.69, 9.17) is 21.9 Å². The zero-order valence-corrected chi connectivity index (χ0v) is 17.9. The van der Waals surface area contributed by atoms with Crippen molar-refractivity contribution in [3.05, 3.63) is 0 Å². The Morgan fingerprint density at radius 3 is 1.68 bits per heavy atom. The van der Waals surface area contributed by atoms with E-state index >= 15 is 0 Å². The lowest BCUT2D eigenvalue weighted by Gasteiger charge is -2.32. The summed E-state index contributed by atoms with van der Waals surface area (Å²) in [5.74, 6) is 0. The van der Waals surface area contributed by atoms with Gasteiger partial charge in [0.05, 0.1) is 0 Å². The van der Waals surface area contributed by atoms with E-state index in [0.717, 1.165) is 19.3 Å². The van der Waals surface area contributed by atoms with Gasteiger partial charge >= 0.3 is 37.4 Å². The molecule has 0 unspecified atom stereocenters. The van der Waals surface area contributed by atoms with Crippen LogP contribution in [-0.2, 0) is 12.3 Å². The standard InChI is InChI=1S/C12H30O6Si4/c1-4-5-6-7-8-9-10-11-12-22(16-19-13,17-20-14)18-21(2,3)15/h13-15H,4-12H2,1-3H3. The third-order valence-corrected chi connectivity index (χ3v) is 10.6. The molecule has 0 fully saturated rings. The van der Waals surface area contributed by atoms with Crippen LogP contribution >= 0.6 is 0 Å². The predicted molar refractivity (Wildman–Crippen MR) is 92.1 cm³/mol. The van der Waals surface area contributed by atoms with Gasteiger partial charge in [-0.1, -0.05) is 51.9 Å². The lowest BCUT2D eigenvalue weighted by atomic mass is 10.1. The van der Waals surface area contributed by atoms with Crippen molar-refractivity contribution in [1.82, 2.24) is 0 Å². The Kier molecular flexibility index (Phi) is 13.3. The van der Waals surface area contributed by atoms with Crippen LogP contribution in [0.3, 0.4) is 0 Å². The Bertz CT molecular complexity index is 258. The molecule has 6 nitrogen and oxygen atoms in total. The molecule has 0 amide bonds. The molecule has 0 aliphatic carbocycles. The SMILES string of the molecule is CCCCCCCCCC[Si](O[Si]O)(O[Si]O)O[Si](C)(C)O. The minimum Gasteiger partial charge on any atom is -0.411 e. The van der Waals surface area contributed by atoms with E-state index < -0.39 is 37.4 Å². The number of unbranched alkanes of at least 4 members (excludes halogenated alkanes) is 7. The molecule has 0 aliphatic heterocycles. The average molecular weight is 383 g/mol. The van der Waals surface area contributed by atoms with Crippen molar-refractivity contribution in [2.24, 2.45) is 0 Å². The van der Waals surface area contributed by atoms with Gasteiger partial charge in [-0.05, 0) is 19.5 Å². The second-order valence-corrected chi connectivity index (χ2v) is 13.4. The van der Waals surface area contributed by atoms with Gasteiger partial charge in [-0.15, -0.1) is 0 Å². The van der Waals surface area contributed by atoms with Gasteiger partial charge in [-0.25, -0.2) is 0 Å². The van der Waals surface area contributed by atoms with Gasteiger partial charge in [0.25, 0.3) is 0 Å². The van der Waals surface area contributed by atoms with Crippen LogP contribution in [0.1, 0.15) is 58.3 Å². The zero-order valence-electron chi connectivity index (χ0n) is 13.9. The molecule has 0 atom stereocenters. The van der Waals surface area contributed by atoms with Crippen molar-refractivity contribution < 1.29 is 26.7 Å². The second-order valence-electron chi connectivity index (χ2n) is 5.84. The summed E-state index contributed by atoms with van der Waals surface area (Å²) in [5, 5.41) is 0. The minimum absolute atomic E-state index is 0.514. The van der Waals surface area contributed by atoms with Crippen molar-refractivity contribution in [2.75, 3.05) is 0 Å². The van der Waals surface area contributed by atoms with Crippen molar-refractivity contribution in [2.45, 2.75) is 77.4 Å². The molecule has 0 aromatic carbocycles. The Morgan fingerprint density at radius 1 is 0.818 bits per heavy atom. The van der Waals surface area contributed by atoms with E-state index in [2.05, 4.69) is 6.92 Å². The maximum absolute atomic E-state index is 9.96. The molecule has 0 aromatic heterocycles. The van der Waals surface area contributed by atoms with Crippen LogP contribution in [0.15, 0.2) is 0 Å². The predicted octanol–water partition coefficient (Wildman–Crippen LogP) is 1.86. The third-order valence-electron chi connectivity index (χ3n) is 3.14. The molecule has 0 rings (SSSR count). The lowest BCUT2D eigenvalue weighted by Crippen LogP contribution is -2.54. The molecule has 0 spiro atoms. The van der Waals surface area contributed by atoms with Crippen LogP contribution < -0.4 is 0 Å². The topological polar surface area (TPSA) is 88.4 Å². The fourth-order valence-electron chi connectivity index (χ4n) is 2.21. The van der Waals surface area contributed by atoms with Gasteiger partial charge in [0.1, 0.15) is 0 Å². The largest absolute Gasteiger partial charge is 0.473 e. The Hall–Kier alpha value is 0.628. The molecule has 0 bridgehead atoms. The van der Waals surface area contributed by atoms with E-state index in [1.165, 1.54) is 32.1 Å². The summed E-state index contributed by atoms with van der Waals surface area (Å²) >= 11 is 0. The van der Waals surface area contributed by atoms with E-state index in [-0.39, 0.29) is 0 Å². The van der Waals surface area contributed by atoms with Crippen LogP contribution in [0.4, 0.5) is 0 Å². The maximum Gasteiger partial charge on any atom is 0.473 e. The normalized spacial score (nSPS) is 12.8. The molecular weight excluding hydrogens is 352 g/mol. The van der Waals surface area contributed by atoms with Crippen molar-refractivity contribution >= 4 is 37.4 Å². The number of hydrogen-bond acceptors (Lipinski definition) is 6. The summed E-state index contributed by atoms with van der Waals surface area (Å²) in [7, 11) is -7.57. The molecule has 0 saturated heterocycles. The van der Waals surface area contributed by atoms with E-state index in [1.807, 2.05) is 0 Å². The van der Waals surface area contributed by atoms with Gasteiger partial charge in [-0.2, -0.15) is 0 Å². The van der Waals surface area contributed by atoms with E-state index in [9.17, 15) is 4.80 Å². The molecule has 0 aromatic rings. The summed E-state index contributed by atoms with van der Waals surface area (Å²) in [6, 6.07) is 0.514. The fraction of sp³-hybridized carbons (Fsp3) is 1.00. The molecule has 10 heteroatoms. The first-order valence-electron chi connectivity index (χ1n) is 7.96. The summed E-state index contributed by atoms with van der Waals surface area (Å²) in [4.78, 5) is 28.1. The molecule has 0 aliphatic rings. The molecule has 0 heterocycles. The Balaban J connectivity index is 4.17. The maximum atomic E-state index is 9.96. The van der Waals surface area contributed by atoms with Crippen LogP contribution in [0.25, 0.3) is 0 Å². The van der Waals surface area contributed by atoms with Crippen molar-refractivity contribution in [3.63, 3.8) is 0 Å².